The molecule has 7 heteroatoms. The number of hydrogen-bond donors (Lipinski definition) is 1. The molecule has 0 fully saturated rings. The number of amides is 1. The van der Waals surface area contributed by atoms with E-state index in [2.05, 4.69) is 20.5 Å². The first-order valence-corrected chi connectivity index (χ1v) is 9.80. The molecule has 7 nitrogen and oxygen atoms in total. The Bertz CT molecular complexity index is 910. The molecule has 0 unspecified atom stereocenters. The maximum atomic E-state index is 12.0. The Kier molecular flexibility index (Phi) is 7.63. The standard InChI is InChI=1S/C22H24N4O3/c27-19(11-7-2-1-4-8-17-12-14-23-15-13-17)21(28)24-16-20-25-26-22(29-20)18-9-5-3-6-10-18/h3,5-6,9-10,12-15H,1-2,4,7-8,11,16H2,(H,24,28). The number of aryl methyl sites for hydroxylation is 1. The zero-order chi connectivity index (χ0) is 20.3. The Morgan fingerprint density at radius 1 is 0.897 bits per heavy atom. The van der Waals surface area contributed by atoms with Crippen molar-refractivity contribution in [2.24, 2.45) is 0 Å². The summed E-state index contributed by atoms with van der Waals surface area (Å²) in [4.78, 5) is 27.9. The minimum atomic E-state index is -0.610. The predicted molar refractivity (Wildman–Crippen MR) is 108 cm³/mol. The van der Waals surface area contributed by atoms with Crippen LogP contribution in [0.2, 0.25) is 0 Å². The van der Waals surface area contributed by atoms with Gasteiger partial charge in [-0.15, -0.1) is 10.2 Å². The van der Waals surface area contributed by atoms with Crippen LogP contribution in [0, 0.1) is 0 Å². The molecule has 150 valence electrons. The molecule has 0 saturated carbocycles. The topological polar surface area (TPSA) is 98.0 Å². The second-order valence-corrected chi connectivity index (χ2v) is 6.74. The normalized spacial score (nSPS) is 10.6. The quantitative estimate of drug-likeness (QED) is 0.396. The SMILES string of the molecule is O=C(CCCCCCc1ccncc1)C(=O)NCc1nnc(-c2ccccc2)o1. The third-order valence-electron chi connectivity index (χ3n) is 4.51. The summed E-state index contributed by atoms with van der Waals surface area (Å²) in [6, 6.07) is 13.4. The number of pyridine rings is 1. The van der Waals surface area contributed by atoms with E-state index in [0.717, 1.165) is 31.2 Å². The smallest absolute Gasteiger partial charge is 0.287 e. The molecule has 0 radical (unpaired) electrons. The van der Waals surface area contributed by atoms with Crippen molar-refractivity contribution in [1.82, 2.24) is 20.5 Å². The van der Waals surface area contributed by atoms with Gasteiger partial charge in [0.25, 0.3) is 5.91 Å². The molecule has 1 amide bonds. The highest BCUT2D eigenvalue weighted by atomic mass is 16.4. The molecule has 0 spiro atoms. The molecular weight excluding hydrogens is 368 g/mol. The number of benzene rings is 1. The molecule has 0 atom stereocenters. The van der Waals surface area contributed by atoms with E-state index in [1.165, 1.54) is 5.56 Å². The van der Waals surface area contributed by atoms with Crippen molar-refractivity contribution in [3.05, 3.63) is 66.3 Å². The van der Waals surface area contributed by atoms with Gasteiger partial charge in [-0.2, -0.15) is 0 Å². The van der Waals surface area contributed by atoms with Crippen molar-refractivity contribution in [2.45, 2.75) is 45.1 Å². The summed E-state index contributed by atoms with van der Waals surface area (Å²) >= 11 is 0. The summed E-state index contributed by atoms with van der Waals surface area (Å²) in [5.41, 5.74) is 2.07. The van der Waals surface area contributed by atoms with Crippen LogP contribution in [0.5, 0.6) is 0 Å². The van der Waals surface area contributed by atoms with Crippen LogP contribution in [-0.4, -0.2) is 26.9 Å². The second kappa shape index (κ2) is 10.8. The lowest BCUT2D eigenvalue weighted by Gasteiger charge is -2.03. The van der Waals surface area contributed by atoms with Gasteiger partial charge in [-0.25, -0.2) is 0 Å². The molecule has 2 aromatic heterocycles. The van der Waals surface area contributed by atoms with Crippen LogP contribution in [0.25, 0.3) is 11.5 Å². The fourth-order valence-corrected chi connectivity index (χ4v) is 2.91. The largest absolute Gasteiger partial charge is 0.419 e. The van der Waals surface area contributed by atoms with Gasteiger partial charge in [-0.3, -0.25) is 14.6 Å². The molecule has 29 heavy (non-hydrogen) atoms. The first-order valence-electron chi connectivity index (χ1n) is 9.80. The fourth-order valence-electron chi connectivity index (χ4n) is 2.91. The van der Waals surface area contributed by atoms with Crippen LogP contribution in [0.1, 0.15) is 43.6 Å². The van der Waals surface area contributed by atoms with E-state index in [-0.39, 0.29) is 18.9 Å². The number of rotatable bonds is 11. The molecule has 0 bridgehead atoms. The zero-order valence-electron chi connectivity index (χ0n) is 16.2. The Hall–Kier alpha value is -3.35. The van der Waals surface area contributed by atoms with E-state index in [0.29, 0.717) is 12.3 Å². The average Bonchev–Trinajstić information content (AvgIpc) is 3.25. The van der Waals surface area contributed by atoms with Crippen LogP contribution in [0.3, 0.4) is 0 Å². The van der Waals surface area contributed by atoms with Gasteiger partial charge >= 0.3 is 0 Å². The zero-order valence-corrected chi connectivity index (χ0v) is 16.2. The van der Waals surface area contributed by atoms with Crippen LogP contribution >= 0.6 is 0 Å². The van der Waals surface area contributed by atoms with Gasteiger partial charge in [0.2, 0.25) is 17.6 Å². The second-order valence-electron chi connectivity index (χ2n) is 6.74. The highest BCUT2D eigenvalue weighted by molar-refractivity contribution is 6.36. The number of carbonyl (C=O) groups is 2. The van der Waals surface area contributed by atoms with Crippen LogP contribution < -0.4 is 5.32 Å². The number of unbranched alkanes of at least 4 members (excludes halogenated alkanes) is 3. The summed E-state index contributed by atoms with van der Waals surface area (Å²) in [7, 11) is 0. The van der Waals surface area contributed by atoms with Gasteiger partial charge < -0.3 is 9.73 Å². The predicted octanol–water partition coefficient (Wildman–Crippen LogP) is 3.51. The molecule has 2 heterocycles. The first-order chi connectivity index (χ1) is 14.2. The van der Waals surface area contributed by atoms with Gasteiger partial charge in [-0.05, 0) is 49.1 Å². The van der Waals surface area contributed by atoms with E-state index < -0.39 is 11.7 Å². The van der Waals surface area contributed by atoms with Gasteiger partial charge in [0.05, 0.1) is 6.54 Å². The average molecular weight is 392 g/mol. The summed E-state index contributed by atoms with van der Waals surface area (Å²) in [6.45, 7) is 0.0380. The number of ketones is 1. The monoisotopic (exact) mass is 392 g/mol. The van der Waals surface area contributed by atoms with Crippen molar-refractivity contribution >= 4 is 11.7 Å². The van der Waals surface area contributed by atoms with E-state index in [9.17, 15) is 9.59 Å². The summed E-state index contributed by atoms with van der Waals surface area (Å²) in [6.07, 6.45) is 8.57. The number of nitrogens with one attached hydrogen (secondary N) is 1. The summed E-state index contributed by atoms with van der Waals surface area (Å²) in [5.74, 6) is -0.378. The lowest BCUT2D eigenvalue weighted by molar-refractivity contribution is -0.138. The molecule has 0 saturated heterocycles. The number of hydrogen-bond acceptors (Lipinski definition) is 6. The molecule has 1 aromatic carbocycles. The van der Waals surface area contributed by atoms with Crippen molar-refractivity contribution < 1.29 is 14.0 Å². The minimum Gasteiger partial charge on any atom is -0.419 e. The molecule has 0 aliphatic carbocycles. The Morgan fingerprint density at radius 3 is 2.45 bits per heavy atom. The van der Waals surface area contributed by atoms with Gasteiger partial charge in [-0.1, -0.05) is 31.0 Å². The highest BCUT2D eigenvalue weighted by Crippen LogP contribution is 2.16. The molecule has 0 aliphatic heterocycles. The van der Waals surface area contributed by atoms with Crippen LogP contribution in [0.4, 0.5) is 0 Å². The number of carbonyl (C=O) groups excluding carboxylic acids is 2. The Labute approximate surface area is 169 Å². The maximum Gasteiger partial charge on any atom is 0.287 e. The van der Waals surface area contributed by atoms with Gasteiger partial charge in [0.1, 0.15) is 0 Å². The minimum absolute atomic E-state index is 0.0380. The van der Waals surface area contributed by atoms with E-state index >= 15 is 0 Å². The molecule has 3 aromatic rings. The molecular formula is C22H24N4O3. The van der Waals surface area contributed by atoms with E-state index in [1.807, 2.05) is 42.5 Å². The molecule has 1 N–H and O–H groups in total. The lowest BCUT2D eigenvalue weighted by Crippen LogP contribution is -2.30. The third kappa shape index (κ3) is 6.64. The van der Waals surface area contributed by atoms with Crippen molar-refractivity contribution in [1.29, 1.82) is 0 Å². The van der Waals surface area contributed by atoms with Gasteiger partial charge in [0.15, 0.2) is 0 Å². The van der Waals surface area contributed by atoms with E-state index in [4.69, 9.17) is 4.42 Å². The van der Waals surface area contributed by atoms with Crippen molar-refractivity contribution in [2.75, 3.05) is 0 Å². The first kappa shape index (κ1) is 20.4. The fraction of sp³-hybridized carbons (Fsp3) is 0.318. The Morgan fingerprint density at radius 2 is 1.66 bits per heavy atom. The number of aromatic nitrogens is 3. The van der Waals surface area contributed by atoms with Crippen molar-refractivity contribution in [3.8, 4) is 11.5 Å². The lowest BCUT2D eigenvalue weighted by atomic mass is 10.1. The van der Waals surface area contributed by atoms with Gasteiger partial charge in [0, 0.05) is 24.4 Å². The third-order valence-corrected chi connectivity index (χ3v) is 4.51. The Balaban J connectivity index is 1.30. The number of nitrogens with zero attached hydrogens (tertiary/aromatic N) is 3. The maximum absolute atomic E-state index is 12.0. The summed E-state index contributed by atoms with van der Waals surface area (Å²) < 4.78 is 5.51. The van der Waals surface area contributed by atoms with Crippen molar-refractivity contribution in [3.63, 3.8) is 0 Å². The summed E-state index contributed by atoms with van der Waals surface area (Å²) in [5, 5.41) is 10.4. The van der Waals surface area contributed by atoms with Crippen LogP contribution in [-0.2, 0) is 22.6 Å². The number of Topliss-reactive ketones (excluding diaryl/α,β-unsaturated/α-hetero) is 1. The molecule has 3 rings (SSSR count). The molecule has 0 aliphatic rings. The highest BCUT2D eigenvalue weighted by Gasteiger charge is 2.15. The van der Waals surface area contributed by atoms with E-state index in [1.54, 1.807) is 12.4 Å². The van der Waals surface area contributed by atoms with Crippen LogP contribution in [0.15, 0.2) is 59.3 Å².